The summed E-state index contributed by atoms with van der Waals surface area (Å²) < 4.78 is 0. The van der Waals surface area contributed by atoms with Gasteiger partial charge in [-0.25, -0.2) is 14.6 Å². The lowest BCUT2D eigenvalue weighted by atomic mass is 10.1. The van der Waals surface area contributed by atoms with E-state index in [-0.39, 0.29) is 0 Å². The number of aliphatic hydroxyl groups is 1. The molecule has 1 atom stereocenters. The quantitative estimate of drug-likeness (QED) is 0.642. The molecule has 8 heteroatoms. The maximum absolute atomic E-state index is 11.7. The highest BCUT2D eigenvalue weighted by Crippen LogP contribution is 2.18. The number of nitrogens with zero attached hydrogens (tertiary/aromatic N) is 1. The lowest BCUT2D eigenvalue weighted by Crippen LogP contribution is -2.47. The van der Waals surface area contributed by atoms with Gasteiger partial charge in [0.05, 0.1) is 12.2 Å². The fourth-order valence-corrected chi connectivity index (χ4v) is 2.43. The monoisotopic (exact) mass is 335 g/mol. The van der Waals surface area contributed by atoms with E-state index in [4.69, 9.17) is 5.11 Å². The van der Waals surface area contributed by atoms with Crippen LogP contribution in [0.2, 0.25) is 0 Å². The molecule has 2 amide bonds. The molecule has 2 aromatic rings. The Bertz CT molecular complexity index is 685. The summed E-state index contributed by atoms with van der Waals surface area (Å²) in [4.78, 5) is 26.7. The molecule has 0 radical (unpaired) electrons. The average molecular weight is 335 g/mol. The molecule has 1 heterocycles. The van der Waals surface area contributed by atoms with Gasteiger partial charge in [-0.15, -0.1) is 11.3 Å². The van der Waals surface area contributed by atoms with Crippen molar-refractivity contribution in [3.8, 4) is 0 Å². The lowest BCUT2D eigenvalue weighted by molar-refractivity contribution is -0.155. The van der Waals surface area contributed by atoms with E-state index < -0.39 is 24.1 Å². The first-order valence-electron chi connectivity index (χ1n) is 6.86. The van der Waals surface area contributed by atoms with E-state index in [2.05, 4.69) is 15.6 Å². The average Bonchev–Trinajstić information content (AvgIpc) is 2.93. The summed E-state index contributed by atoms with van der Waals surface area (Å²) in [5, 5.41) is 25.3. The van der Waals surface area contributed by atoms with E-state index in [0.29, 0.717) is 11.6 Å². The van der Waals surface area contributed by atoms with Crippen molar-refractivity contribution in [2.24, 2.45) is 0 Å². The van der Waals surface area contributed by atoms with Crippen LogP contribution in [0.5, 0.6) is 0 Å². The summed E-state index contributed by atoms with van der Waals surface area (Å²) in [7, 11) is 0. The minimum Gasteiger partial charge on any atom is -0.479 e. The Morgan fingerprint density at radius 1 is 1.30 bits per heavy atom. The van der Waals surface area contributed by atoms with Gasteiger partial charge in [0, 0.05) is 11.8 Å². The van der Waals surface area contributed by atoms with E-state index in [9.17, 15) is 14.7 Å². The van der Waals surface area contributed by atoms with Crippen molar-refractivity contribution in [2.75, 3.05) is 11.9 Å². The molecule has 0 bridgehead atoms. The molecule has 0 aliphatic heterocycles. The molecule has 1 aromatic heterocycles. The number of carbonyl (C=O) groups is 2. The largest absolute Gasteiger partial charge is 0.479 e. The maximum atomic E-state index is 11.7. The fourth-order valence-electron chi connectivity index (χ4n) is 1.72. The number of hydrogen-bond acceptors (Lipinski definition) is 5. The number of amides is 2. The Hall–Kier alpha value is -2.45. The summed E-state index contributed by atoms with van der Waals surface area (Å²) in [6.07, 6.45) is 0.661. The summed E-state index contributed by atoms with van der Waals surface area (Å²) in [5.74, 6) is -1.41. The van der Waals surface area contributed by atoms with Crippen molar-refractivity contribution in [3.63, 3.8) is 0 Å². The van der Waals surface area contributed by atoms with Crippen LogP contribution in [-0.4, -0.2) is 39.3 Å². The topological polar surface area (TPSA) is 112 Å². The Morgan fingerprint density at radius 2 is 2.00 bits per heavy atom. The van der Waals surface area contributed by atoms with Crippen molar-refractivity contribution in [1.29, 1.82) is 0 Å². The first-order chi connectivity index (χ1) is 10.9. The van der Waals surface area contributed by atoms with Crippen LogP contribution >= 0.6 is 11.3 Å². The number of aromatic nitrogens is 1. The number of thiazole rings is 1. The highest BCUT2D eigenvalue weighted by Gasteiger charge is 2.30. The number of rotatable bonds is 6. The first kappa shape index (κ1) is 16.9. The summed E-state index contributed by atoms with van der Waals surface area (Å²) >= 11 is 1.27. The number of carbonyl (C=O) groups excluding carboxylic acids is 1. The summed E-state index contributed by atoms with van der Waals surface area (Å²) in [6, 6.07) is 9.20. The molecule has 0 aliphatic carbocycles. The smallest absolute Gasteiger partial charge is 0.337 e. The molecule has 7 nitrogen and oxygen atoms in total. The van der Waals surface area contributed by atoms with Gasteiger partial charge in [0.25, 0.3) is 0 Å². The van der Waals surface area contributed by atoms with Crippen LogP contribution in [0.3, 0.4) is 0 Å². The zero-order chi connectivity index (χ0) is 16.9. The van der Waals surface area contributed by atoms with Crippen LogP contribution in [0.15, 0.2) is 35.7 Å². The normalized spacial score (nSPS) is 13.1. The Labute approximate surface area is 137 Å². The molecule has 122 valence electrons. The molecule has 0 spiro atoms. The molecule has 23 heavy (non-hydrogen) atoms. The predicted molar refractivity (Wildman–Crippen MR) is 86.6 cm³/mol. The number of urea groups is 1. The molecule has 0 saturated heterocycles. The number of carboxylic acid groups (broad SMARTS) is 1. The number of anilines is 1. The number of benzene rings is 1. The second-order valence-corrected chi connectivity index (χ2v) is 6.05. The summed E-state index contributed by atoms with van der Waals surface area (Å²) in [6.45, 7) is 0.702. The molecule has 0 saturated carbocycles. The molecule has 0 fully saturated rings. The Morgan fingerprint density at radius 3 is 2.65 bits per heavy atom. The van der Waals surface area contributed by atoms with Crippen molar-refractivity contribution < 1.29 is 19.8 Å². The summed E-state index contributed by atoms with van der Waals surface area (Å²) in [5.41, 5.74) is -0.0704. The molecule has 1 aromatic carbocycles. The van der Waals surface area contributed by atoms with E-state index in [0.717, 1.165) is 18.2 Å². The third-order valence-electron chi connectivity index (χ3n) is 3.05. The number of hydrogen-bond donors (Lipinski definition) is 4. The fraction of sp³-hybridized carbons (Fsp3) is 0.267. The van der Waals surface area contributed by atoms with E-state index >= 15 is 0 Å². The Kier molecular flexibility index (Phi) is 5.30. The van der Waals surface area contributed by atoms with Crippen molar-refractivity contribution in [3.05, 3.63) is 47.0 Å². The predicted octanol–water partition coefficient (Wildman–Crippen LogP) is 1.69. The zero-order valence-electron chi connectivity index (χ0n) is 12.4. The van der Waals surface area contributed by atoms with Gasteiger partial charge < -0.3 is 15.5 Å². The Balaban J connectivity index is 1.86. The van der Waals surface area contributed by atoms with Crippen LogP contribution in [0.1, 0.15) is 18.2 Å². The van der Waals surface area contributed by atoms with Crippen LogP contribution in [0.25, 0.3) is 0 Å². The van der Waals surface area contributed by atoms with E-state index in [1.165, 1.54) is 11.3 Å². The third-order valence-corrected chi connectivity index (χ3v) is 3.86. The second kappa shape index (κ2) is 7.21. The molecule has 2 rings (SSSR count). The van der Waals surface area contributed by atoms with Gasteiger partial charge in [-0.1, -0.05) is 30.3 Å². The number of carboxylic acids is 1. The second-order valence-electron chi connectivity index (χ2n) is 5.19. The van der Waals surface area contributed by atoms with Crippen LogP contribution < -0.4 is 10.6 Å². The van der Waals surface area contributed by atoms with Gasteiger partial charge >= 0.3 is 12.0 Å². The van der Waals surface area contributed by atoms with Crippen LogP contribution in [0.4, 0.5) is 9.93 Å². The zero-order valence-corrected chi connectivity index (χ0v) is 13.3. The van der Waals surface area contributed by atoms with Gasteiger partial charge in [-0.3, -0.25) is 5.32 Å². The first-order valence-corrected chi connectivity index (χ1v) is 7.74. The van der Waals surface area contributed by atoms with Gasteiger partial charge in [-0.05, 0) is 12.5 Å². The molecule has 4 N–H and O–H groups in total. The molecule has 1 unspecified atom stereocenters. The van der Waals surface area contributed by atoms with Crippen LogP contribution in [-0.2, 0) is 11.2 Å². The standard InChI is InChI=1S/C15H17N3O4S/c1-15(22,12(19)20)9-16-13(21)18-14-17-11(8-23-14)7-10-5-3-2-4-6-10/h2-6,8,22H,7,9H2,1H3,(H,19,20)(H2,16,17,18,21). The van der Waals surface area contributed by atoms with Gasteiger partial charge in [0.1, 0.15) is 0 Å². The molecular weight excluding hydrogens is 318 g/mol. The number of aliphatic carboxylic acids is 1. The third kappa shape index (κ3) is 5.04. The minimum atomic E-state index is -2.02. The SMILES string of the molecule is CC(O)(CNC(=O)Nc1nc(Cc2ccccc2)cs1)C(=O)O. The van der Waals surface area contributed by atoms with Gasteiger partial charge in [-0.2, -0.15) is 0 Å². The highest BCUT2D eigenvalue weighted by molar-refractivity contribution is 7.13. The van der Waals surface area contributed by atoms with Crippen molar-refractivity contribution >= 4 is 28.5 Å². The maximum Gasteiger partial charge on any atom is 0.337 e. The van der Waals surface area contributed by atoms with Crippen LogP contribution in [0, 0.1) is 0 Å². The van der Waals surface area contributed by atoms with E-state index in [1.807, 2.05) is 35.7 Å². The van der Waals surface area contributed by atoms with Gasteiger partial charge in [0.2, 0.25) is 0 Å². The van der Waals surface area contributed by atoms with E-state index in [1.54, 1.807) is 0 Å². The van der Waals surface area contributed by atoms with Crippen molar-refractivity contribution in [2.45, 2.75) is 18.9 Å². The minimum absolute atomic E-state index is 0.406. The highest BCUT2D eigenvalue weighted by atomic mass is 32.1. The van der Waals surface area contributed by atoms with Gasteiger partial charge in [0.15, 0.2) is 10.7 Å². The lowest BCUT2D eigenvalue weighted by Gasteiger charge is -2.18. The number of nitrogens with one attached hydrogen (secondary N) is 2. The van der Waals surface area contributed by atoms with Crippen molar-refractivity contribution in [1.82, 2.24) is 10.3 Å². The molecule has 0 aliphatic rings. The molecular formula is C15H17N3O4S.